The van der Waals surface area contributed by atoms with E-state index >= 15 is 0 Å². The van der Waals surface area contributed by atoms with Crippen LogP contribution in [0, 0.1) is 5.92 Å². The Bertz CT molecular complexity index is 406. The van der Waals surface area contributed by atoms with E-state index in [9.17, 15) is 9.90 Å². The second-order valence-electron chi connectivity index (χ2n) is 4.59. The maximum atomic E-state index is 11.8. The number of amides is 1. The zero-order chi connectivity index (χ0) is 12.3. The standard InChI is InChI=1S/C13H18N2O2/c14-11-5-1-3-9(7-11)13(17)15-8-10-4-2-6-12(10)16/h1,3,5,7,10,12,16H,2,4,6,8,14H2,(H,15,17). The Hall–Kier alpha value is -1.55. The Morgan fingerprint density at radius 1 is 1.47 bits per heavy atom. The van der Waals surface area contributed by atoms with Gasteiger partial charge < -0.3 is 16.2 Å². The smallest absolute Gasteiger partial charge is 0.251 e. The predicted molar refractivity (Wildman–Crippen MR) is 66.5 cm³/mol. The Morgan fingerprint density at radius 3 is 2.94 bits per heavy atom. The van der Waals surface area contributed by atoms with Crippen molar-refractivity contribution in [3.8, 4) is 0 Å². The number of nitrogen functional groups attached to an aromatic ring is 1. The molecule has 4 heteroatoms. The van der Waals surface area contributed by atoms with Crippen molar-refractivity contribution in [2.75, 3.05) is 12.3 Å². The number of aliphatic hydroxyl groups is 1. The fourth-order valence-corrected chi connectivity index (χ4v) is 2.26. The first-order chi connectivity index (χ1) is 8.16. The van der Waals surface area contributed by atoms with Crippen LogP contribution >= 0.6 is 0 Å². The van der Waals surface area contributed by atoms with Crippen LogP contribution in [0.4, 0.5) is 5.69 Å². The van der Waals surface area contributed by atoms with Crippen LogP contribution in [0.25, 0.3) is 0 Å². The van der Waals surface area contributed by atoms with Crippen LogP contribution < -0.4 is 11.1 Å². The molecule has 1 fully saturated rings. The first-order valence-corrected chi connectivity index (χ1v) is 5.98. The van der Waals surface area contributed by atoms with Gasteiger partial charge in [0.15, 0.2) is 0 Å². The number of aliphatic hydroxyl groups excluding tert-OH is 1. The molecule has 2 unspecified atom stereocenters. The topological polar surface area (TPSA) is 75.4 Å². The molecule has 92 valence electrons. The summed E-state index contributed by atoms with van der Waals surface area (Å²) in [5.41, 5.74) is 6.77. The third-order valence-electron chi connectivity index (χ3n) is 3.29. The van der Waals surface area contributed by atoms with Crippen molar-refractivity contribution in [1.29, 1.82) is 0 Å². The lowest BCUT2D eigenvalue weighted by Gasteiger charge is -2.15. The number of hydrogen-bond donors (Lipinski definition) is 3. The summed E-state index contributed by atoms with van der Waals surface area (Å²) in [5, 5.41) is 12.5. The van der Waals surface area contributed by atoms with E-state index in [1.807, 2.05) is 0 Å². The second kappa shape index (κ2) is 5.19. The van der Waals surface area contributed by atoms with Gasteiger partial charge >= 0.3 is 0 Å². The van der Waals surface area contributed by atoms with Crippen LogP contribution in [0.3, 0.4) is 0 Å². The van der Waals surface area contributed by atoms with E-state index in [2.05, 4.69) is 5.32 Å². The van der Waals surface area contributed by atoms with Gasteiger partial charge in [0.25, 0.3) is 5.91 Å². The van der Waals surface area contributed by atoms with Crippen molar-refractivity contribution in [2.24, 2.45) is 5.92 Å². The average molecular weight is 234 g/mol. The zero-order valence-electron chi connectivity index (χ0n) is 9.73. The Kier molecular flexibility index (Phi) is 3.64. The fourth-order valence-electron chi connectivity index (χ4n) is 2.26. The summed E-state index contributed by atoms with van der Waals surface area (Å²) in [6.07, 6.45) is 2.60. The largest absolute Gasteiger partial charge is 0.399 e. The monoisotopic (exact) mass is 234 g/mol. The van der Waals surface area contributed by atoms with Gasteiger partial charge in [-0.25, -0.2) is 0 Å². The van der Waals surface area contributed by atoms with E-state index in [1.54, 1.807) is 24.3 Å². The van der Waals surface area contributed by atoms with Crippen molar-refractivity contribution in [3.05, 3.63) is 29.8 Å². The summed E-state index contributed by atoms with van der Waals surface area (Å²) in [5.74, 6) is 0.0661. The van der Waals surface area contributed by atoms with Gasteiger partial charge in [-0.3, -0.25) is 4.79 Å². The molecule has 2 atom stereocenters. The van der Waals surface area contributed by atoms with Gasteiger partial charge in [-0.15, -0.1) is 0 Å². The summed E-state index contributed by atoms with van der Waals surface area (Å²) in [6.45, 7) is 0.537. The van der Waals surface area contributed by atoms with E-state index in [0.717, 1.165) is 19.3 Å². The van der Waals surface area contributed by atoms with E-state index < -0.39 is 0 Å². The first kappa shape index (κ1) is 11.9. The minimum Gasteiger partial charge on any atom is -0.399 e. The molecular weight excluding hydrogens is 216 g/mol. The van der Waals surface area contributed by atoms with Gasteiger partial charge in [0.2, 0.25) is 0 Å². The van der Waals surface area contributed by atoms with Crippen molar-refractivity contribution in [3.63, 3.8) is 0 Å². The van der Waals surface area contributed by atoms with Gasteiger partial charge in [0, 0.05) is 23.7 Å². The van der Waals surface area contributed by atoms with Crippen molar-refractivity contribution < 1.29 is 9.90 Å². The van der Waals surface area contributed by atoms with Crippen LogP contribution in [-0.2, 0) is 0 Å². The fraction of sp³-hybridized carbons (Fsp3) is 0.462. The number of carbonyl (C=O) groups is 1. The number of nitrogens with two attached hydrogens (primary N) is 1. The predicted octanol–water partition coefficient (Wildman–Crippen LogP) is 1.16. The summed E-state index contributed by atoms with van der Waals surface area (Å²) in [7, 11) is 0. The van der Waals surface area contributed by atoms with Crippen molar-refractivity contribution >= 4 is 11.6 Å². The average Bonchev–Trinajstić information content (AvgIpc) is 2.72. The lowest BCUT2D eigenvalue weighted by molar-refractivity contribution is 0.0917. The lowest BCUT2D eigenvalue weighted by atomic mass is 10.1. The normalized spacial score (nSPS) is 23.6. The minimum absolute atomic E-state index is 0.128. The highest BCUT2D eigenvalue weighted by molar-refractivity contribution is 5.94. The molecule has 1 saturated carbocycles. The molecule has 0 spiro atoms. The number of carbonyl (C=O) groups excluding carboxylic acids is 1. The van der Waals surface area contributed by atoms with Crippen molar-refractivity contribution in [2.45, 2.75) is 25.4 Å². The Balaban J connectivity index is 1.89. The highest BCUT2D eigenvalue weighted by atomic mass is 16.3. The van der Waals surface area contributed by atoms with Crippen molar-refractivity contribution in [1.82, 2.24) is 5.32 Å². The highest BCUT2D eigenvalue weighted by Gasteiger charge is 2.25. The lowest BCUT2D eigenvalue weighted by Crippen LogP contribution is -2.32. The van der Waals surface area contributed by atoms with Crippen LogP contribution in [-0.4, -0.2) is 23.7 Å². The van der Waals surface area contributed by atoms with Gasteiger partial charge in [0.1, 0.15) is 0 Å². The van der Waals surface area contributed by atoms with Crippen LogP contribution in [0.15, 0.2) is 24.3 Å². The van der Waals surface area contributed by atoms with Gasteiger partial charge in [-0.05, 0) is 31.0 Å². The van der Waals surface area contributed by atoms with Gasteiger partial charge in [0.05, 0.1) is 6.10 Å². The zero-order valence-corrected chi connectivity index (χ0v) is 9.73. The number of hydrogen-bond acceptors (Lipinski definition) is 3. The van der Waals surface area contributed by atoms with E-state index in [4.69, 9.17) is 5.73 Å². The third kappa shape index (κ3) is 2.97. The molecule has 4 nitrogen and oxygen atoms in total. The molecule has 1 amide bonds. The maximum absolute atomic E-state index is 11.8. The molecule has 0 bridgehead atoms. The molecule has 0 radical (unpaired) electrons. The maximum Gasteiger partial charge on any atom is 0.251 e. The molecule has 2 rings (SSSR count). The van der Waals surface area contributed by atoms with Crippen LogP contribution in [0.2, 0.25) is 0 Å². The van der Waals surface area contributed by atoms with Crippen LogP contribution in [0.1, 0.15) is 29.6 Å². The van der Waals surface area contributed by atoms with E-state index in [1.165, 1.54) is 0 Å². The van der Waals surface area contributed by atoms with E-state index in [0.29, 0.717) is 17.8 Å². The summed E-state index contributed by atoms with van der Waals surface area (Å²) in [4.78, 5) is 11.8. The molecule has 1 aliphatic rings. The SMILES string of the molecule is Nc1cccc(C(=O)NCC2CCCC2O)c1. The second-order valence-corrected chi connectivity index (χ2v) is 4.59. The number of anilines is 1. The molecule has 0 heterocycles. The van der Waals surface area contributed by atoms with Gasteiger partial charge in [-0.1, -0.05) is 12.5 Å². The molecule has 1 aromatic carbocycles. The Morgan fingerprint density at radius 2 is 2.29 bits per heavy atom. The molecule has 4 N–H and O–H groups in total. The third-order valence-corrected chi connectivity index (χ3v) is 3.29. The molecule has 0 aromatic heterocycles. The van der Waals surface area contributed by atoms with Gasteiger partial charge in [-0.2, -0.15) is 0 Å². The summed E-state index contributed by atoms with van der Waals surface area (Å²) in [6, 6.07) is 6.89. The summed E-state index contributed by atoms with van der Waals surface area (Å²) >= 11 is 0. The number of nitrogens with one attached hydrogen (secondary N) is 1. The summed E-state index contributed by atoms with van der Waals surface area (Å²) < 4.78 is 0. The van der Waals surface area contributed by atoms with Crippen LogP contribution in [0.5, 0.6) is 0 Å². The molecule has 1 aliphatic carbocycles. The van der Waals surface area contributed by atoms with E-state index in [-0.39, 0.29) is 17.9 Å². The number of rotatable bonds is 3. The number of benzene rings is 1. The Labute approximate surface area is 101 Å². The molecule has 0 aliphatic heterocycles. The first-order valence-electron chi connectivity index (χ1n) is 5.98. The molecule has 0 saturated heterocycles. The molecule has 1 aromatic rings. The molecular formula is C13H18N2O2. The quantitative estimate of drug-likeness (QED) is 0.687. The molecule has 17 heavy (non-hydrogen) atoms. The minimum atomic E-state index is -0.267. The highest BCUT2D eigenvalue weighted by Crippen LogP contribution is 2.24.